The Labute approximate surface area is 310 Å². The van der Waals surface area contributed by atoms with Gasteiger partial charge in [-0.3, -0.25) is 29.1 Å². The van der Waals surface area contributed by atoms with E-state index in [-0.39, 0.29) is 43.8 Å². The van der Waals surface area contributed by atoms with Crippen molar-refractivity contribution >= 4 is 31.3 Å². The first-order valence-corrected chi connectivity index (χ1v) is 17.6. The zero-order valence-corrected chi connectivity index (χ0v) is 30.5. The van der Waals surface area contributed by atoms with E-state index in [4.69, 9.17) is 9.31 Å². The Morgan fingerprint density at radius 3 is 1.32 bits per heavy atom. The number of nitrogens with zero attached hydrogens (tertiary/aromatic N) is 4. The average Bonchev–Trinajstić information content (AvgIpc) is 3.15. The number of carbonyl (C=O) groups excluding carboxylic acids is 4. The fourth-order valence-electron chi connectivity index (χ4n) is 5.33. The van der Waals surface area contributed by atoms with Crippen LogP contribution in [0.3, 0.4) is 0 Å². The number of hydrogen-bond donors (Lipinski definition) is 4. The van der Waals surface area contributed by atoms with Crippen molar-refractivity contribution in [2.45, 2.75) is 77.9 Å². The molecule has 0 fully saturated rings. The first-order chi connectivity index (χ1) is 25.6. The van der Waals surface area contributed by atoms with Crippen LogP contribution in [-0.2, 0) is 31.7 Å². The van der Waals surface area contributed by atoms with Gasteiger partial charge in [-0.05, 0) is 35.8 Å². The van der Waals surface area contributed by atoms with E-state index in [1.165, 1.54) is 37.2 Å². The molecule has 0 aliphatic rings. The summed E-state index contributed by atoms with van der Waals surface area (Å²) < 4.78 is 12.1. The Hall–Kier alpha value is -5.54. The zero-order chi connectivity index (χ0) is 38.0. The standard InChI is InChI=1S/C38H47BN8O6/c1-25(2)19-33(46-35(48)29(21-27-11-7-5-8-12-27)44-37(50)31-23-40-15-17-42-31)52-39-53-34(20-26(3)4)47-36(49)30(22-28-13-9-6-10-14-28)45-38(51)32-24-41-16-18-43-32/h5-18,23-26,29-30,33-34,39H,19-22H2,1-4H3,(H,44,50)(H,45,51)(H,46,48)(H,47,49)/t29-,30-,33+,34+/m0/s1. The smallest absolute Gasteiger partial charge is 0.393 e. The number of carbonyl (C=O) groups is 4. The summed E-state index contributed by atoms with van der Waals surface area (Å²) in [6.07, 6.45) is 8.18. The summed E-state index contributed by atoms with van der Waals surface area (Å²) in [6, 6.07) is 16.8. The Morgan fingerprint density at radius 2 is 0.981 bits per heavy atom. The minimum absolute atomic E-state index is 0.0827. The number of hydrogen-bond acceptors (Lipinski definition) is 10. The van der Waals surface area contributed by atoms with Gasteiger partial charge in [-0.2, -0.15) is 0 Å². The van der Waals surface area contributed by atoms with E-state index in [1.54, 1.807) is 0 Å². The van der Waals surface area contributed by atoms with Crippen LogP contribution in [0.1, 0.15) is 72.6 Å². The molecule has 4 N–H and O–H groups in total. The van der Waals surface area contributed by atoms with Gasteiger partial charge < -0.3 is 30.6 Å². The van der Waals surface area contributed by atoms with Crippen LogP contribution < -0.4 is 21.3 Å². The van der Waals surface area contributed by atoms with Gasteiger partial charge in [0.25, 0.3) is 11.8 Å². The quantitative estimate of drug-likeness (QED) is 0.0781. The first kappa shape index (κ1) is 40.2. The Kier molecular flexibility index (Phi) is 16.0. The fraction of sp³-hybridized carbons (Fsp3) is 0.368. The molecule has 278 valence electrons. The lowest BCUT2D eigenvalue weighted by Crippen LogP contribution is -2.53. The summed E-state index contributed by atoms with van der Waals surface area (Å²) in [7, 11) is -0.264. The molecule has 0 aliphatic heterocycles. The molecular formula is C38H47BN8O6. The van der Waals surface area contributed by atoms with Gasteiger partial charge in [0, 0.05) is 37.6 Å². The highest BCUT2D eigenvalue weighted by atomic mass is 16.6. The van der Waals surface area contributed by atoms with Crippen LogP contribution in [0.5, 0.6) is 0 Å². The van der Waals surface area contributed by atoms with E-state index >= 15 is 0 Å². The lowest BCUT2D eigenvalue weighted by atomic mass is 10.0. The molecule has 2 aromatic heterocycles. The monoisotopic (exact) mass is 722 g/mol. The zero-order valence-electron chi connectivity index (χ0n) is 30.5. The molecule has 0 saturated heterocycles. The summed E-state index contributed by atoms with van der Waals surface area (Å²) >= 11 is 0. The second kappa shape index (κ2) is 21.1. The van der Waals surface area contributed by atoms with E-state index in [2.05, 4.69) is 41.2 Å². The van der Waals surface area contributed by atoms with E-state index in [9.17, 15) is 19.2 Å². The maximum Gasteiger partial charge on any atom is 0.441 e. The van der Waals surface area contributed by atoms with Crippen molar-refractivity contribution in [1.29, 1.82) is 0 Å². The predicted octanol–water partition coefficient (Wildman–Crippen LogP) is 2.93. The minimum Gasteiger partial charge on any atom is -0.393 e. The molecule has 0 spiro atoms. The molecule has 4 amide bonds. The van der Waals surface area contributed by atoms with Gasteiger partial charge >= 0.3 is 7.69 Å². The van der Waals surface area contributed by atoms with Crippen molar-refractivity contribution in [3.63, 3.8) is 0 Å². The summed E-state index contributed by atoms with van der Waals surface area (Å²) in [5.74, 6) is -1.72. The highest BCUT2D eigenvalue weighted by Crippen LogP contribution is 2.12. The molecular weight excluding hydrogens is 675 g/mol. The van der Waals surface area contributed by atoms with Crippen molar-refractivity contribution in [3.8, 4) is 0 Å². The molecule has 4 atom stereocenters. The topological polar surface area (TPSA) is 186 Å². The van der Waals surface area contributed by atoms with Gasteiger partial charge in [0.2, 0.25) is 11.8 Å². The maximum absolute atomic E-state index is 13.7. The molecule has 0 saturated carbocycles. The van der Waals surface area contributed by atoms with Crippen LogP contribution in [0.4, 0.5) is 0 Å². The predicted molar refractivity (Wildman–Crippen MR) is 199 cm³/mol. The third-order valence-corrected chi connectivity index (χ3v) is 7.92. The van der Waals surface area contributed by atoms with Gasteiger partial charge in [0.15, 0.2) is 0 Å². The molecule has 4 aromatic rings. The van der Waals surface area contributed by atoms with Crippen LogP contribution in [0.15, 0.2) is 97.8 Å². The van der Waals surface area contributed by atoms with E-state index in [0.29, 0.717) is 12.8 Å². The Bertz CT molecular complexity index is 1600. The Balaban J connectivity index is 1.43. The number of amides is 4. The molecule has 15 heteroatoms. The maximum atomic E-state index is 13.7. The number of rotatable bonds is 20. The lowest BCUT2D eigenvalue weighted by molar-refractivity contribution is -0.126. The van der Waals surface area contributed by atoms with E-state index < -0.39 is 48.2 Å². The number of benzene rings is 2. The molecule has 4 rings (SSSR count). The van der Waals surface area contributed by atoms with Crippen molar-refractivity contribution in [2.24, 2.45) is 11.8 Å². The minimum atomic E-state index is -0.947. The molecule has 0 radical (unpaired) electrons. The Morgan fingerprint density at radius 1 is 0.585 bits per heavy atom. The van der Waals surface area contributed by atoms with Crippen molar-refractivity contribution in [1.82, 2.24) is 41.2 Å². The van der Waals surface area contributed by atoms with Gasteiger partial charge in [0.05, 0.1) is 12.4 Å². The first-order valence-electron chi connectivity index (χ1n) is 17.6. The second-order valence-corrected chi connectivity index (χ2v) is 13.3. The van der Waals surface area contributed by atoms with Crippen LogP contribution in [-0.4, -0.2) is 75.8 Å². The largest absolute Gasteiger partial charge is 0.441 e. The van der Waals surface area contributed by atoms with Gasteiger partial charge in [0.1, 0.15) is 35.9 Å². The van der Waals surface area contributed by atoms with Crippen LogP contribution >= 0.6 is 0 Å². The van der Waals surface area contributed by atoms with Gasteiger partial charge in [-0.25, -0.2) is 9.97 Å². The third kappa shape index (κ3) is 14.2. The molecule has 0 bridgehead atoms. The average molecular weight is 723 g/mol. The van der Waals surface area contributed by atoms with Crippen LogP contribution in [0.2, 0.25) is 0 Å². The van der Waals surface area contributed by atoms with Crippen molar-refractivity contribution in [3.05, 3.63) is 120 Å². The molecule has 14 nitrogen and oxygen atoms in total. The summed E-state index contributed by atoms with van der Waals surface area (Å²) in [6.45, 7) is 7.96. The van der Waals surface area contributed by atoms with Gasteiger partial charge in [-0.1, -0.05) is 88.4 Å². The second-order valence-electron chi connectivity index (χ2n) is 13.3. The normalized spacial score (nSPS) is 13.3. The molecule has 0 unspecified atom stereocenters. The molecule has 53 heavy (non-hydrogen) atoms. The van der Waals surface area contributed by atoms with Crippen LogP contribution in [0, 0.1) is 11.8 Å². The highest BCUT2D eigenvalue weighted by molar-refractivity contribution is 6.18. The van der Waals surface area contributed by atoms with Crippen molar-refractivity contribution in [2.75, 3.05) is 0 Å². The van der Waals surface area contributed by atoms with Crippen molar-refractivity contribution < 1.29 is 28.5 Å². The SMILES string of the molecule is CC(C)C[C@H](NC(=O)[C@H](Cc1ccccc1)NC(=O)c1cnccn1)OBO[C@H](CC(C)C)NC(=O)[C@H](Cc1ccccc1)NC(=O)c1cnccn1. The van der Waals surface area contributed by atoms with Crippen LogP contribution in [0.25, 0.3) is 0 Å². The molecule has 2 aromatic carbocycles. The summed E-state index contributed by atoms with van der Waals surface area (Å²) in [5.41, 5.74) is 1.86. The number of aromatic nitrogens is 4. The number of nitrogens with one attached hydrogen (secondary N) is 4. The third-order valence-electron chi connectivity index (χ3n) is 7.92. The molecule has 0 aliphatic carbocycles. The van der Waals surface area contributed by atoms with Gasteiger partial charge in [-0.15, -0.1) is 0 Å². The lowest BCUT2D eigenvalue weighted by Gasteiger charge is -2.27. The highest BCUT2D eigenvalue weighted by Gasteiger charge is 2.28. The fourth-order valence-corrected chi connectivity index (χ4v) is 5.33. The molecule has 2 heterocycles. The van der Waals surface area contributed by atoms with E-state index in [0.717, 1.165) is 11.1 Å². The van der Waals surface area contributed by atoms with E-state index in [1.807, 2.05) is 88.4 Å². The summed E-state index contributed by atoms with van der Waals surface area (Å²) in [5, 5.41) is 11.4. The summed E-state index contributed by atoms with van der Waals surface area (Å²) in [4.78, 5) is 69.5.